The van der Waals surface area contributed by atoms with Crippen LogP contribution >= 0.6 is 0 Å². The van der Waals surface area contributed by atoms with Gasteiger partial charge < -0.3 is 22.5 Å². The minimum absolute atomic E-state index is 0.0591. The molecule has 0 saturated carbocycles. The number of aliphatic imine (C=N–C) groups is 2. The van der Waals surface area contributed by atoms with Gasteiger partial charge in [-0.1, -0.05) is 6.07 Å². The van der Waals surface area contributed by atoms with E-state index in [9.17, 15) is 4.79 Å². The van der Waals surface area contributed by atoms with Crippen LogP contribution in [0.4, 0.5) is 5.69 Å². The Bertz CT molecular complexity index is 531. The Balaban J connectivity index is 3.15. The third-order valence-electron chi connectivity index (χ3n) is 2.37. The number of carbonyl (C=O) groups is 1. The van der Waals surface area contributed by atoms with Gasteiger partial charge >= 0.3 is 0 Å². The van der Waals surface area contributed by atoms with Gasteiger partial charge in [-0.2, -0.15) is 4.99 Å². The predicted octanol–water partition coefficient (Wildman–Crippen LogP) is -0.0357. The molecule has 0 atom stereocenters. The molecule has 0 aromatic heterocycles. The molecule has 0 fully saturated rings. The van der Waals surface area contributed by atoms with Crippen LogP contribution in [-0.4, -0.2) is 24.4 Å². The van der Waals surface area contributed by atoms with Gasteiger partial charge in [-0.25, -0.2) is 4.99 Å². The van der Waals surface area contributed by atoms with Crippen molar-refractivity contribution in [3.8, 4) is 0 Å². The number of guanidine groups is 2. The maximum Gasteiger partial charge on any atom is 0.251 e. The summed E-state index contributed by atoms with van der Waals surface area (Å²) in [7, 11) is 0. The topological polar surface area (TPSA) is 132 Å². The second-order valence-corrected chi connectivity index (χ2v) is 3.82. The third-order valence-corrected chi connectivity index (χ3v) is 2.37. The van der Waals surface area contributed by atoms with Crippen LogP contribution < -0.4 is 22.5 Å². The normalized spacial score (nSPS) is 10.9. The lowest BCUT2D eigenvalue weighted by molar-refractivity contribution is 0.0955. The first-order valence-electron chi connectivity index (χ1n) is 5.77. The Labute approximate surface area is 111 Å². The first-order valence-corrected chi connectivity index (χ1v) is 5.77. The fourth-order valence-electron chi connectivity index (χ4n) is 1.53. The SMILES string of the molecule is CCNC(=O)c1cccc(N=C(N)N=C(N)N)c1C. The van der Waals surface area contributed by atoms with Crippen molar-refractivity contribution in [1.82, 2.24) is 5.32 Å². The number of benzene rings is 1. The molecule has 1 aromatic carbocycles. The lowest BCUT2D eigenvalue weighted by Crippen LogP contribution is -2.26. The Kier molecular flexibility index (Phi) is 4.87. The minimum atomic E-state index is -0.168. The number of carbonyl (C=O) groups excluding carboxylic acids is 1. The van der Waals surface area contributed by atoms with Gasteiger partial charge in [-0.3, -0.25) is 4.79 Å². The van der Waals surface area contributed by atoms with Crippen molar-refractivity contribution in [1.29, 1.82) is 0 Å². The summed E-state index contributed by atoms with van der Waals surface area (Å²) in [4.78, 5) is 19.5. The van der Waals surface area contributed by atoms with E-state index in [4.69, 9.17) is 17.2 Å². The maximum absolute atomic E-state index is 11.8. The Hall–Kier alpha value is -2.57. The Morgan fingerprint density at radius 3 is 2.58 bits per heavy atom. The van der Waals surface area contributed by atoms with Crippen molar-refractivity contribution < 1.29 is 4.79 Å². The van der Waals surface area contributed by atoms with Gasteiger partial charge in [0.25, 0.3) is 5.91 Å². The fourth-order valence-corrected chi connectivity index (χ4v) is 1.53. The molecule has 1 aromatic rings. The molecule has 0 spiro atoms. The number of hydrogen-bond donors (Lipinski definition) is 4. The average molecular weight is 262 g/mol. The number of rotatable bonds is 3. The number of nitrogens with one attached hydrogen (secondary N) is 1. The first-order chi connectivity index (χ1) is 8.95. The van der Waals surface area contributed by atoms with Crippen LogP contribution in [0.1, 0.15) is 22.8 Å². The van der Waals surface area contributed by atoms with Gasteiger partial charge in [-0.05, 0) is 31.5 Å². The van der Waals surface area contributed by atoms with E-state index < -0.39 is 0 Å². The van der Waals surface area contributed by atoms with Gasteiger partial charge in [0.1, 0.15) is 0 Å². The van der Waals surface area contributed by atoms with E-state index in [-0.39, 0.29) is 17.8 Å². The van der Waals surface area contributed by atoms with E-state index in [1.807, 2.05) is 6.92 Å². The molecule has 0 saturated heterocycles. The highest BCUT2D eigenvalue weighted by Crippen LogP contribution is 2.21. The van der Waals surface area contributed by atoms with E-state index in [2.05, 4.69) is 15.3 Å². The molecule has 0 aliphatic heterocycles. The molecule has 7 nitrogen and oxygen atoms in total. The summed E-state index contributed by atoms with van der Waals surface area (Å²) < 4.78 is 0. The van der Waals surface area contributed by atoms with E-state index >= 15 is 0 Å². The second-order valence-electron chi connectivity index (χ2n) is 3.82. The van der Waals surface area contributed by atoms with Crippen LogP contribution in [0.25, 0.3) is 0 Å². The van der Waals surface area contributed by atoms with Crippen LogP contribution in [0.5, 0.6) is 0 Å². The minimum Gasteiger partial charge on any atom is -0.370 e. The standard InChI is InChI=1S/C12H18N6O/c1-3-16-10(19)8-5-4-6-9(7(8)2)17-12(15)18-11(13)14/h4-6H,3H2,1-2H3,(H,16,19)(H6,13,14,15,17,18). The van der Waals surface area contributed by atoms with Crippen molar-refractivity contribution in [3.05, 3.63) is 29.3 Å². The summed E-state index contributed by atoms with van der Waals surface area (Å²) >= 11 is 0. The summed E-state index contributed by atoms with van der Waals surface area (Å²) in [6, 6.07) is 5.17. The van der Waals surface area contributed by atoms with Gasteiger partial charge in [-0.15, -0.1) is 0 Å². The third kappa shape index (κ3) is 3.98. The number of amides is 1. The molecular formula is C12H18N6O. The first kappa shape index (κ1) is 14.5. The molecule has 0 aliphatic carbocycles. The van der Waals surface area contributed by atoms with Gasteiger partial charge in [0.15, 0.2) is 5.96 Å². The Morgan fingerprint density at radius 2 is 2.00 bits per heavy atom. The zero-order valence-electron chi connectivity index (χ0n) is 11.0. The fraction of sp³-hybridized carbons (Fsp3) is 0.250. The van der Waals surface area contributed by atoms with Crippen molar-refractivity contribution in [2.24, 2.45) is 27.2 Å². The largest absolute Gasteiger partial charge is 0.370 e. The zero-order chi connectivity index (χ0) is 14.4. The smallest absolute Gasteiger partial charge is 0.251 e. The zero-order valence-corrected chi connectivity index (χ0v) is 11.0. The summed E-state index contributed by atoms with van der Waals surface area (Å²) in [6.07, 6.45) is 0. The lowest BCUT2D eigenvalue weighted by Gasteiger charge is -2.08. The van der Waals surface area contributed by atoms with Crippen molar-refractivity contribution >= 4 is 23.5 Å². The lowest BCUT2D eigenvalue weighted by atomic mass is 10.1. The van der Waals surface area contributed by atoms with E-state index in [0.717, 1.165) is 0 Å². The van der Waals surface area contributed by atoms with Gasteiger partial charge in [0.2, 0.25) is 5.96 Å². The molecule has 102 valence electrons. The number of nitrogens with zero attached hydrogens (tertiary/aromatic N) is 2. The van der Waals surface area contributed by atoms with E-state index in [0.29, 0.717) is 23.4 Å². The highest BCUT2D eigenvalue weighted by Gasteiger charge is 2.10. The average Bonchev–Trinajstić information content (AvgIpc) is 2.31. The van der Waals surface area contributed by atoms with Crippen molar-refractivity contribution in [2.45, 2.75) is 13.8 Å². The molecule has 0 heterocycles. The summed E-state index contributed by atoms with van der Waals surface area (Å²) in [5.41, 5.74) is 17.8. The summed E-state index contributed by atoms with van der Waals surface area (Å²) in [5.74, 6) is -0.382. The van der Waals surface area contributed by atoms with Gasteiger partial charge in [0, 0.05) is 12.1 Å². The molecule has 0 aliphatic rings. The van der Waals surface area contributed by atoms with E-state index in [1.54, 1.807) is 25.1 Å². The van der Waals surface area contributed by atoms with Crippen molar-refractivity contribution in [3.63, 3.8) is 0 Å². The van der Waals surface area contributed by atoms with Crippen LogP contribution in [-0.2, 0) is 0 Å². The molecule has 1 amide bonds. The Morgan fingerprint density at radius 1 is 1.32 bits per heavy atom. The van der Waals surface area contributed by atoms with Crippen LogP contribution in [0.3, 0.4) is 0 Å². The molecule has 19 heavy (non-hydrogen) atoms. The van der Waals surface area contributed by atoms with Crippen LogP contribution in [0, 0.1) is 6.92 Å². The number of hydrogen-bond acceptors (Lipinski definition) is 2. The molecular weight excluding hydrogens is 244 g/mol. The van der Waals surface area contributed by atoms with E-state index in [1.165, 1.54) is 0 Å². The van der Waals surface area contributed by atoms with Crippen LogP contribution in [0.15, 0.2) is 28.2 Å². The molecule has 1 rings (SSSR count). The van der Waals surface area contributed by atoms with Gasteiger partial charge in [0.05, 0.1) is 5.69 Å². The molecule has 7 N–H and O–H groups in total. The summed E-state index contributed by atoms with van der Waals surface area (Å²) in [6.45, 7) is 4.19. The number of nitrogens with two attached hydrogens (primary N) is 3. The highest BCUT2D eigenvalue weighted by molar-refractivity contribution is 5.98. The summed E-state index contributed by atoms with van der Waals surface area (Å²) in [5, 5.41) is 2.73. The van der Waals surface area contributed by atoms with Crippen molar-refractivity contribution in [2.75, 3.05) is 6.54 Å². The highest BCUT2D eigenvalue weighted by atomic mass is 16.1. The molecule has 0 unspecified atom stereocenters. The molecule has 0 bridgehead atoms. The second kappa shape index (κ2) is 6.39. The molecule has 0 radical (unpaired) electrons. The maximum atomic E-state index is 11.8. The molecule has 7 heteroatoms. The predicted molar refractivity (Wildman–Crippen MR) is 76.3 cm³/mol. The van der Waals surface area contributed by atoms with Crippen LogP contribution in [0.2, 0.25) is 0 Å². The quantitative estimate of drug-likeness (QED) is 0.449. The monoisotopic (exact) mass is 262 g/mol.